The molecule has 1 aliphatic heterocycles. The smallest absolute Gasteiger partial charge is 0.240 e. The summed E-state index contributed by atoms with van der Waals surface area (Å²) < 4.78 is 19.9. The van der Waals surface area contributed by atoms with E-state index in [1.807, 2.05) is 74.2 Å². The van der Waals surface area contributed by atoms with E-state index in [9.17, 15) is 9.50 Å². The van der Waals surface area contributed by atoms with Crippen LogP contribution < -0.4 is 10.7 Å². The van der Waals surface area contributed by atoms with Crippen LogP contribution in [0.2, 0.25) is 0 Å². The number of halogens is 1. The zero-order valence-corrected chi connectivity index (χ0v) is 24.0. The Balaban J connectivity index is 1.61. The second kappa shape index (κ2) is 15.9. The molecule has 0 radical (unpaired) electrons. The van der Waals surface area contributed by atoms with Crippen LogP contribution in [0.25, 0.3) is 6.08 Å². The maximum Gasteiger partial charge on any atom is 0.240 e. The van der Waals surface area contributed by atoms with Crippen molar-refractivity contribution in [3.8, 4) is 0 Å². The Kier molecular flexibility index (Phi) is 12.0. The predicted octanol–water partition coefficient (Wildman–Crippen LogP) is 6.07. The lowest BCUT2D eigenvalue weighted by Crippen LogP contribution is -2.46. The molecule has 1 aromatic heterocycles. The molecule has 0 amide bonds. The number of nitrogens with zero attached hydrogens (tertiary/aromatic N) is 5. The van der Waals surface area contributed by atoms with Gasteiger partial charge in [0.25, 0.3) is 0 Å². The lowest BCUT2D eigenvalue weighted by Gasteiger charge is -2.34. The van der Waals surface area contributed by atoms with Crippen molar-refractivity contribution in [1.29, 1.82) is 0 Å². The fourth-order valence-corrected chi connectivity index (χ4v) is 3.89. The largest absolute Gasteiger partial charge is 0.508 e. The summed E-state index contributed by atoms with van der Waals surface area (Å²) in [5, 5.41) is 17.4. The van der Waals surface area contributed by atoms with Crippen molar-refractivity contribution in [1.82, 2.24) is 15.3 Å². The molecule has 1 unspecified atom stereocenters. The van der Waals surface area contributed by atoms with Gasteiger partial charge in [-0.25, -0.2) is 14.8 Å². The fraction of sp³-hybridized carbons (Fsp3) is 0.290. The van der Waals surface area contributed by atoms with Crippen LogP contribution in [-0.2, 0) is 4.74 Å². The number of hydrazone groups is 1. The number of aliphatic imine (C=N–C) groups is 2. The number of pyridine rings is 1. The van der Waals surface area contributed by atoms with E-state index in [2.05, 4.69) is 37.4 Å². The normalized spacial score (nSPS) is 17.1. The van der Waals surface area contributed by atoms with E-state index in [1.165, 1.54) is 0 Å². The van der Waals surface area contributed by atoms with Crippen molar-refractivity contribution in [3.63, 3.8) is 0 Å². The molecule has 3 N–H and O–H groups in total. The van der Waals surface area contributed by atoms with Crippen molar-refractivity contribution in [2.24, 2.45) is 15.1 Å². The first-order valence-corrected chi connectivity index (χ1v) is 13.4. The standard InChI is InChI=1S/C31H38FN7O2/c1-6-8-9-27(40)16-12-24-10-13-25(14-11-24)36-29-17-15-26(35-23(29)4)20-34-38-31(33-5)37-30(22(3)32)39-18-19-41-28(7-2)21-39/h6,8-17,20,28,36,40H,3,7,18-19,21H2,1-2,4-5H3,(H,33,38)/b8-6-,16-12+,27-9+,34-20+,37-30+. The van der Waals surface area contributed by atoms with Crippen LogP contribution >= 0.6 is 0 Å². The van der Waals surface area contributed by atoms with Gasteiger partial charge in [0.15, 0.2) is 11.7 Å². The minimum atomic E-state index is -0.642. The van der Waals surface area contributed by atoms with Crippen LogP contribution in [0.3, 0.4) is 0 Å². The van der Waals surface area contributed by atoms with Gasteiger partial charge in [0.05, 0.1) is 36.0 Å². The molecule has 0 spiro atoms. The van der Waals surface area contributed by atoms with Crippen molar-refractivity contribution in [3.05, 3.63) is 95.8 Å². The second-order valence-electron chi connectivity index (χ2n) is 9.17. The number of hydrogen-bond acceptors (Lipinski definition) is 6. The second-order valence-corrected chi connectivity index (χ2v) is 9.17. The molecule has 0 aliphatic carbocycles. The summed E-state index contributed by atoms with van der Waals surface area (Å²) in [6, 6.07) is 11.6. The van der Waals surface area contributed by atoms with Crippen LogP contribution in [-0.4, -0.2) is 65.8 Å². The number of amidine groups is 1. The van der Waals surface area contributed by atoms with Gasteiger partial charge in [-0.1, -0.05) is 43.9 Å². The molecule has 2 aromatic rings. The average Bonchev–Trinajstić information content (AvgIpc) is 2.98. The molecule has 0 saturated carbocycles. The van der Waals surface area contributed by atoms with E-state index in [0.717, 1.165) is 29.1 Å². The Morgan fingerprint density at radius 2 is 2.05 bits per heavy atom. The molecule has 3 rings (SSSR count). The highest BCUT2D eigenvalue weighted by Gasteiger charge is 2.24. The Bertz CT molecular complexity index is 1360. The third-order valence-electron chi connectivity index (χ3n) is 6.12. The number of rotatable bonds is 9. The van der Waals surface area contributed by atoms with Gasteiger partial charge in [-0.2, -0.15) is 10.1 Å². The molecule has 1 aliphatic rings. The van der Waals surface area contributed by atoms with E-state index < -0.39 is 5.83 Å². The van der Waals surface area contributed by atoms with Gasteiger partial charge in [0.2, 0.25) is 5.96 Å². The molecule has 2 heterocycles. The zero-order chi connectivity index (χ0) is 29.6. The summed E-state index contributed by atoms with van der Waals surface area (Å²) in [5.74, 6) is -0.197. The molecule has 41 heavy (non-hydrogen) atoms. The zero-order valence-electron chi connectivity index (χ0n) is 24.0. The fourth-order valence-electron chi connectivity index (χ4n) is 3.89. The third kappa shape index (κ3) is 9.84. The van der Waals surface area contributed by atoms with Gasteiger partial charge >= 0.3 is 0 Å². The molecular weight excluding hydrogens is 521 g/mol. The van der Waals surface area contributed by atoms with Gasteiger partial charge in [-0.15, -0.1) is 0 Å². The highest BCUT2D eigenvalue weighted by Crippen LogP contribution is 2.20. The minimum Gasteiger partial charge on any atom is -0.508 e. The predicted molar refractivity (Wildman–Crippen MR) is 167 cm³/mol. The average molecular weight is 560 g/mol. The summed E-state index contributed by atoms with van der Waals surface area (Å²) >= 11 is 0. The van der Waals surface area contributed by atoms with E-state index in [0.29, 0.717) is 25.4 Å². The number of aromatic nitrogens is 1. The number of benzene rings is 1. The monoisotopic (exact) mass is 559 g/mol. The molecule has 0 bridgehead atoms. The summed E-state index contributed by atoms with van der Waals surface area (Å²) in [6.45, 7) is 10.8. The Morgan fingerprint density at radius 3 is 2.71 bits per heavy atom. The molecule has 1 atom stereocenters. The first kappa shape index (κ1) is 31.0. The minimum absolute atomic E-state index is 0.0146. The van der Waals surface area contributed by atoms with Crippen molar-refractivity contribution in [2.45, 2.75) is 33.3 Å². The molecule has 9 nitrogen and oxygen atoms in total. The first-order chi connectivity index (χ1) is 19.8. The number of morpholine rings is 1. The maximum absolute atomic E-state index is 14.3. The number of allylic oxidation sites excluding steroid dienone is 4. The van der Waals surface area contributed by atoms with Crippen LogP contribution in [0.4, 0.5) is 15.8 Å². The lowest BCUT2D eigenvalue weighted by molar-refractivity contribution is -0.00714. The van der Waals surface area contributed by atoms with E-state index >= 15 is 0 Å². The maximum atomic E-state index is 14.3. The highest BCUT2D eigenvalue weighted by atomic mass is 19.1. The van der Waals surface area contributed by atoms with Crippen LogP contribution in [0.5, 0.6) is 0 Å². The topological polar surface area (TPSA) is 107 Å². The van der Waals surface area contributed by atoms with Crippen molar-refractivity contribution >= 4 is 35.5 Å². The van der Waals surface area contributed by atoms with Crippen LogP contribution in [0, 0.1) is 6.92 Å². The molecule has 1 saturated heterocycles. The SMILES string of the molecule is C=C(F)/C(=N\C(=NC)N/N=C/c1ccc(Nc2ccc(/C=C/C(O)=C\C=C/C)cc2)c(C)n1)N1CCOC(CC)C1. The molecule has 1 fully saturated rings. The number of guanidine groups is 1. The Labute approximate surface area is 241 Å². The number of nitrogens with one attached hydrogen (secondary N) is 2. The summed E-state index contributed by atoms with van der Waals surface area (Å²) in [7, 11) is 1.55. The Hall–Kier alpha value is -4.57. The third-order valence-corrected chi connectivity index (χ3v) is 6.12. The number of anilines is 2. The van der Waals surface area contributed by atoms with Crippen molar-refractivity contribution in [2.75, 3.05) is 32.1 Å². The summed E-state index contributed by atoms with van der Waals surface area (Å²) in [5.41, 5.74) is 6.89. The quantitative estimate of drug-likeness (QED) is 0.113. The summed E-state index contributed by atoms with van der Waals surface area (Å²) in [6.07, 6.45) is 11.1. The number of ether oxygens (including phenoxy) is 1. The van der Waals surface area contributed by atoms with E-state index in [1.54, 1.807) is 31.5 Å². The van der Waals surface area contributed by atoms with E-state index in [-0.39, 0.29) is 23.7 Å². The summed E-state index contributed by atoms with van der Waals surface area (Å²) in [4.78, 5) is 14.8. The molecule has 1 aromatic carbocycles. The number of aryl methyl sites for hydroxylation is 1. The molecular formula is C31H38FN7O2. The first-order valence-electron chi connectivity index (χ1n) is 13.4. The molecule has 10 heteroatoms. The number of aliphatic hydroxyl groups excluding tert-OH is 1. The lowest BCUT2D eigenvalue weighted by atomic mass is 10.1. The number of aliphatic hydroxyl groups is 1. The van der Waals surface area contributed by atoms with Gasteiger partial charge in [0.1, 0.15) is 5.76 Å². The van der Waals surface area contributed by atoms with Crippen LogP contribution in [0.15, 0.2) is 94.0 Å². The Morgan fingerprint density at radius 1 is 1.27 bits per heavy atom. The number of hydrogen-bond donors (Lipinski definition) is 3. The van der Waals surface area contributed by atoms with Gasteiger partial charge < -0.3 is 20.1 Å². The van der Waals surface area contributed by atoms with Gasteiger partial charge in [0, 0.05) is 25.8 Å². The van der Waals surface area contributed by atoms with Crippen molar-refractivity contribution < 1.29 is 14.2 Å². The highest BCUT2D eigenvalue weighted by molar-refractivity contribution is 6.04. The molecule has 216 valence electrons. The van der Waals surface area contributed by atoms with Crippen LogP contribution in [0.1, 0.15) is 37.2 Å². The van der Waals surface area contributed by atoms with E-state index in [4.69, 9.17) is 4.74 Å². The van der Waals surface area contributed by atoms with Gasteiger partial charge in [-0.05, 0) is 62.2 Å². The van der Waals surface area contributed by atoms with Gasteiger partial charge in [-0.3, -0.25) is 4.99 Å².